The van der Waals surface area contributed by atoms with Gasteiger partial charge in [0.1, 0.15) is 0 Å². The van der Waals surface area contributed by atoms with Crippen LogP contribution in [0.2, 0.25) is 4.34 Å². The molecule has 0 aromatic carbocycles. The Balaban J connectivity index is 2.46. The Morgan fingerprint density at radius 3 is 2.60 bits per heavy atom. The quantitative estimate of drug-likeness (QED) is 0.660. The minimum atomic E-state index is -1.16. The molecule has 5 nitrogen and oxygen atoms in total. The number of imide groups is 1. The monoisotopic (exact) mass is 245 g/mol. The fourth-order valence-corrected chi connectivity index (χ4v) is 2.65. The van der Waals surface area contributed by atoms with Gasteiger partial charge < -0.3 is 11.1 Å². The van der Waals surface area contributed by atoms with Gasteiger partial charge in [-0.2, -0.15) is 0 Å². The zero-order valence-electron chi connectivity index (χ0n) is 7.54. The molecule has 2 heterocycles. The summed E-state index contributed by atoms with van der Waals surface area (Å²) in [4.78, 5) is 23.4. The lowest BCUT2D eigenvalue weighted by atomic mass is 9.98. The van der Waals surface area contributed by atoms with E-state index in [9.17, 15) is 9.59 Å². The summed E-state index contributed by atoms with van der Waals surface area (Å²) in [7, 11) is 0. The molecule has 4 N–H and O–H groups in total. The normalized spacial score (nSPS) is 25.2. The molecule has 1 unspecified atom stereocenters. The lowest BCUT2D eigenvalue weighted by molar-refractivity contribution is -0.123. The number of urea groups is 1. The Morgan fingerprint density at radius 2 is 2.20 bits per heavy atom. The molecule has 1 aromatic heterocycles. The van der Waals surface area contributed by atoms with E-state index in [2.05, 4.69) is 10.6 Å². The van der Waals surface area contributed by atoms with Crippen molar-refractivity contribution in [1.29, 1.82) is 0 Å². The topological polar surface area (TPSA) is 84.2 Å². The molecule has 1 aliphatic rings. The average Bonchev–Trinajstić information content (AvgIpc) is 2.71. The highest BCUT2D eigenvalue weighted by atomic mass is 35.5. The van der Waals surface area contributed by atoms with E-state index in [0.717, 1.165) is 0 Å². The molecule has 80 valence electrons. The highest BCUT2D eigenvalue weighted by Gasteiger charge is 2.47. The SMILES string of the molecule is NCC1(c2ccc(Cl)s2)NC(=O)NC1=O. The van der Waals surface area contributed by atoms with Crippen LogP contribution in [0.5, 0.6) is 0 Å². The van der Waals surface area contributed by atoms with Gasteiger partial charge in [-0.3, -0.25) is 10.1 Å². The first-order valence-corrected chi connectivity index (χ1v) is 5.37. The Bertz CT molecular complexity index is 433. The van der Waals surface area contributed by atoms with Gasteiger partial charge in [0.05, 0.1) is 4.34 Å². The zero-order chi connectivity index (χ0) is 11.1. The third-order valence-corrected chi connectivity index (χ3v) is 3.63. The lowest BCUT2D eigenvalue weighted by Crippen LogP contribution is -2.49. The summed E-state index contributed by atoms with van der Waals surface area (Å²) in [6.45, 7) is 0.00140. The molecule has 0 spiro atoms. The van der Waals surface area contributed by atoms with Gasteiger partial charge >= 0.3 is 6.03 Å². The molecule has 1 aliphatic heterocycles. The summed E-state index contributed by atoms with van der Waals surface area (Å²) in [6, 6.07) is 2.82. The molecule has 1 atom stereocenters. The summed E-state index contributed by atoms with van der Waals surface area (Å²) < 4.78 is 0.548. The molecule has 1 fully saturated rings. The molecule has 0 saturated carbocycles. The molecule has 0 aliphatic carbocycles. The molecule has 1 saturated heterocycles. The average molecular weight is 246 g/mol. The second-order valence-electron chi connectivity index (χ2n) is 3.12. The highest BCUT2D eigenvalue weighted by Crippen LogP contribution is 2.32. The second-order valence-corrected chi connectivity index (χ2v) is 4.84. The van der Waals surface area contributed by atoms with Crippen molar-refractivity contribution < 1.29 is 9.59 Å². The van der Waals surface area contributed by atoms with Crippen molar-refractivity contribution >= 4 is 34.9 Å². The van der Waals surface area contributed by atoms with Crippen molar-refractivity contribution in [2.24, 2.45) is 5.73 Å². The van der Waals surface area contributed by atoms with Gasteiger partial charge in [0, 0.05) is 11.4 Å². The first-order chi connectivity index (χ1) is 7.08. The number of thiophene rings is 1. The van der Waals surface area contributed by atoms with Crippen molar-refractivity contribution in [2.75, 3.05) is 6.54 Å². The van der Waals surface area contributed by atoms with Crippen LogP contribution in [0.15, 0.2) is 12.1 Å². The number of amides is 3. The summed E-state index contributed by atoms with van der Waals surface area (Å²) >= 11 is 7.00. The van der Waals surface area contributed by atoms with E-state index < -0.39 is 17.5 Å². The molecule has 7 heteroatoms. The molecular weight excluding hydrogens is 238 g/mol. The maximum absolute atomic E-state index is 11.6. The Labute approximate surface area is 94.6 Å². The largest absolute Gasteiger partial charge is 0.327 e. The predicted molar refractivity (Wildman–Crippen MR) is 56.7 cm³/mol. The minimum absolute atomic E-state index is 0.00140. The first kappa shape index (κ1) is 10.4. The van der Waals surface area contributed by atoms with E-state index in [1.165, 1.54) is 11.3 Å². The Kier molecular flexibility index (Phi) is 2.41. The molecule has 0 bridgehead atoms. The van der Waals surface area contributed by atoms with Crippen LogP contribution in [0, 0.1) is 0 Å². The van der Waals surface area contributed by atoms with Crippen LogP contribution in [-0.4, -0.2) is 18.5 Å². The number of carbonyl (C=O) groups excluding carboxylic acids is 2. The van der Waals surface area contributed by atoms with Crippen LogP contribution in [0.3, 0.4) is 0 Å². The van der Waals surface area contributed by atoms with Crippen molar-refractivity contribution in [3.8, 4) is 0 Å². The summed E-state index contributed by atoms with van der Waals surface area (Å²) in [5.41, 5.74) is 4.39. The summed E-state index contributed by atoms with van der Waals surface area (Å²) in [6.07, 6.45) is 0. The van der Waals surface area contributed by atoms with Crippen LogP contribution >= 0.6 is 22.9 Å². The van der Waals surface area contributed by atoms with E-state index in [0.29, 0.717) is 9.21 Å². The van der Waals surface area contributed by atoms with Gasteiger partial charge in [-0.15, -0.1) is 11.3 Å². The van der Waals surface area contributed by atoms with E-state index in [-0.39, 0.29) is 6.54 Å². The maximum Gasteiger partial charge on any atom is 0.322 e. The van der Waals surface area contributed by atoms with Gasteiger partial charge in [0.15, 0.2) is 5.54 Å². The zero-order valence-corrected chi connectivity index (χ0v) is 9.11. The summed E-state index contributed by atoms with van der Waals surface area (Å²) in [5, 5.41) is 4.68. The van der Waals surface area contributed by atoms with E-state index in [4.69, 9.17) is 17.3 Å². The highest BCUT2D eigenvalue weighted by molar-refractivity contribution is 7.16. The number of rotatable bonds is 2. The molecule has 2 rings (SSSR count). The number of nitrogens with two attached hydrogens (primary N) is 1. The van der Waals surface area contributed by atoms with Gasteiger partial charge in [-0.05, 0) is 12.1 Å². The van der Waals surface area contributed by atoms with Crippen molar-refractivity contribution in [3.63, 3.8) is 0 Å². The molecular formula is C8H8ClN3O2S. The molecule has 0 radical (unpaired) electrons. The van der Waals surface area contributed by atoms with Crippen LogP contribution in [0.25, 0.3) is 0 Å². The summed E-state index contributed by atoms with van der Waals surface area (Å²) in [5.74, 6) is -0.437. The fourth-order valence-electron chi connectivity index (χ4n) is 1.45. The minimum Gasteiger partial charge on any atom is -0.327 e. The predicted octanol–water partition coefficient (Wildman–Crippen LogP) is 0.395. The van der Waals surface area contributed by atoms with Crippen molar-refractivity contribution in [1.82, 2.24) is 10.6 Å². The van der Waals surface area contributed by atoms with Crippen molar-refractivity contribution in [3.05, 3.63) is 21.3 Å². The van der Waals surface area contributed by atoms with Gasteiger partial charge in [-0.1, -0.05) is 11.6 Å². The van der Waals surface area contributed by atoms with Crippen LogP contribution in [0.1, 0.15) is 4.88 Å². The van der Waals surface area contributed by atoms with Crippen LogP contribution < -0.4 is 16.4 Å². The van der Waals surface area contributed by atoms with E-state index in [1.807, 2.05) is 0 Å². The van der Waals surface area contributed by atoms with Gasteiger partial charge in [0.2, 0.25) is 0 Å². The third-order valence-electron chi connectivity index (χ3n) is 2.24. The van der Waals surface area contributed by atoms with Crippen LogP contribution in [0.4, 0.5) is 4.79 Å². The van der Waals surface area contributed by atoms with E-state index >= 15 is 0 Å². The number of nitrogens with one attached hydrogen (secondary N) is 2. The first-order valence-electron chi connectivity index (χ1n) is 4.18. The van der Waals surface area contributed by atoms with E-state index in [1.54, 1.807) is 12.1 Å². The maximum atomic E-state index is 11.6. The molecule has 3 amide bonds. The third kappa shape index (κ3) is 1.50. The Morgan fingerprint density at radius 1 is 1.47 bits per heavy atom. The fraction of sp³-hybridized carbons (Fsp3) is 0.250. The van der Waals surface area contributed by atoms with Crippen LogP contribution in [-0.2, 0) is 10.3 Å². The van der Waals surface area contributed by atoms with Gasteiger partial charge in [-0.25, -0.2) is 4.79 Å². The number of halogens is 1. The number of carbonyl (C=O) groups is 2. The van der Waals surface area contributed by atoms with Crippen molar-refractivity contribution in [2.45, 2.75) is 5.54 Å². The number of hydrogen-bond donors (Lipinski definition) is 3. The smallest absolute Gasteiger partial charge is 0.322 e. The second kappa shape index (κ2) is 3.48. The standard InChI is InChI=1S/C8H8ClN3O2S/c9-5-2-1-4(15-5)8(3-10)6(13)11-7(14)12-8/h1-2H,3,10H2,(H2,11,12,13,14). The molecule has 15 heavy (non-hydrogen) atoms. The Hall–Kier alpha value is -1.11. The number of hydrogen-bond acceptors (Lipinski definition) is 4. The molecule has 1 aromatic rings. The van der Waals surface area contributed by atoms with Gasteiger partial charge in [0.25, 0.3) is 5.91 Å². The lowest BCUT2D eigenvalue weighted by Gasteiger charge is -2.22.